The van der Waals surface area contributed by atoms with Crippen molar-refractivity contribution in [1.82, 2.24) is 9.78 Å². The number of sulfone groups is 1. The largest absolute Gasteiger partial charge is 0.384 e. The quantitative estimate of drug-likeness (QED) is 0.920. The molecule has 0 bridgehead atoms. The first-order valence-electron chi connectivity index (χ1n) is 6.68. The van der Waals surface area contributed by atoms with Crippen LogP contribution in [0.25, 0.3) is 11.3 Å². The highest BCUT2D eigenvalue weighted by molar-refractivity contribution is 7.91. The van der Waals surface area contributed by atoms with E-state index < -0.39 is 9.84 Å². The third-order valence-electron chi connectivity index (χ3n) is 3.79. The van der Waals surface area contributed by atoms with Gasteiger partial charge in [-0.3, -0.25) is 0 Å². The van der Waals surface area contributed by atoms with Crippen LogP contribution in [0.3, 0.4) is 0 Å². The molecule has 0 saturated carbocycles. The summed E-state index contributed by atoms with van der Waals surface area (Å²) < 4.78 is 24.8. The molecule has 2 heterocycles. The minimum atomic E-state index is -2.97. The lowest BCUT2D eigenvalue weighted by molar-refractivity contribution is 0.508. The molecule has 5 nitrogen and oxygen atoms in total. The number of hydrogen-bond acceptors (Lipinski definition) is 4. The number of nitrogens with two attached hydrogens (primary N) is 1. The molecule has 1 aliphatic heterocycles. The summed E-state index contributed by atoms with van der Waals surface area (Å²) in [4.78, 5) is 0. The molecule has 1 aliphatic rings. The van der Waals surface area contributed by atoms with E-state index in [1.165, 1.54) is 0 Å². The summed E-state index contributed by atoms with van der Waals surface area (Å²) in [5.74, 6) is 0.752. The first-order chi connectivity index (χ1) is 9.87. The van der Waals surface area contributed by atoms with Crippen molar-refractivity contribution in [2.45, 2.75) is 19.4 Å². The Morgan fingerprint density at radius 3 is 2.86 bits per heavy atom. The van der Waals surface area contributed by atoms with Crippen LogP contribution in [0, 0.1) is 6.92 Å². The van der Waals surface area contributed by atoms with Crippen LogP contribution >= 0.6 is 11.6 Å². The monoisotopic (exact) mass is 325 g/mol. The average molecular weight is 326 g/mol. The van der Waals surface area contributed by atoms with Gasteiger partial charge in [-0.05, 0) is 18.9 Å². The highest BCUT2D eigenvalue weighted by atomic mass is 35.5. The van der Waals surface area contributed by atoms with Crippen molar-refractivity contribution < 1.29 is 8.42 Å². The summed E-state index contributed by atoms with van der Waals surface area (Å²) in [5, 5.41) is 5.11. The minimum absolute atomic E-state index is 0.0971. The molecule has 21 heavy (non-hydrogen) atoms. The van der Waals surface area contributed by atoms with Crippen LogP contribution in [0.1, 0.15) is 18.0 Å². The van der Waals surface area contributed by atoms with Gasteiger partial charge in [0.1, 0.15) is 5.82 Å². The van der Waals surface area contributed by atoms with E-state index in [-0.39, 0.29) is 17.5 Å². The Morgan fingerprint density at radius 1 is 1.43 bits per heavy atom. The standard InChI is InChI=1S/C14H16ClN3O2S/c1-9-3-2-4-11(14(9)15)12-7-13(16)18(17-12)10-5-6-21(19,20)8-10/h2-4,7,10H,5-6,8,16H2,1H3. The summed E-state index contributed by atoms with van der Waals surface area (Å²) >= 11 is 6.31. The maximum absolute atomic E-state index is 11.6. The number of nitrogen functional groups attached to an aromatic ring is 1. The van der Waals surface area contributed by atoms with Gasteiger partial charge in [0.25, 0.3) is 0 Å². The molecular weight excluding hydrogens is 310 g/mol. The zero-order valence-corrected chi connectivity index (χ0v) is 13.2. The molecule has 1 atom stereocenters. The Hall–Kier alpha value is -1.53. The number of hydrogen-bond donors (Lipinski definition) is 1. The summed E-state index contributed by atoms with van der Waals surface area (Å²) in [7, 11) is -2.97. The third-order valence-corrected chi connectivity index (χ3v) is 6.04. The highest BCUT2D eigenvalue weighted by Crippen LogP contribution is 2.33. The van der Waals surface area contributed by atoms with Crippen molar-refractivity contribution in [3.8, 4) is 11.3 Å². The lowest BCUT2D eigenvalue weighted by Gasteiger charge is -2.10. The van der Waals surface area contributed by atoms with Crippen molar-refractivity contribution in [2.75, 3.05) is 17.2 Å². The Labute approximate surface area is 128 Å². The summed E-state index contributed by atoms with van der Waals surface area (Å²) in [6.07, 6.45) is 0.551. The molecule has 0 radical (unpaired) electrons. The Balaban J connectivity index is 2.01. The van der Waals surface area contributed by atoms with E-state index in [0.717, 1.165) is 11.1 Å². The van der Waals surface area contributed by atoms with Crippen molar-refractivity contribution in [3.63, 3.8) is 0 Å². The van der Waals surface area contributed by atoms with Crippen molar-refractivity contribution in [2.24, 2.45) is 0 Å². The van der Waals surface area contributed by atoms with E-state index in [4.69, 9.17) is 17.3 Å². The zero-order chi connectivity index (χ0) is 15.2. The average Bonchev–Trinajstić information content (AvgIpc) is 2.95. The molecule has 1 aromatic carbocycles. The predicted octanol–water partition coefficient (Wildman–Crippen LogP) is 2.45. The number of aryl methyl sites for hydroxylation is 1. The van der Waals surface area contributed by atoms with Crippen molar-refractivity contribution >= 4 is 27.3 Å². The van der Waals surface area contributed by atoms with Gasteiger partial charge in [0.2, 0.25) is 0 Å². The van der Waals surface area contributed by atoms with Crippen LogP contribution in [-0.4, -0.2) is 29.7 Å². The van der Waals surface area contributed by atoms with Gasteiger partial charge < -0.3 is 5.73 Å². The number of benzene rings is 1. The topological polar surface area (TPSA) is 78.0 Å². The minimum Gasteiger partial charge on any atom is -0.384 e. The van der Waals surface area contributed by atoms with E-state index in [1.807, 2.05) is 25.1 Å². The maximum Gasteiger partial charge on any atom is 0.152 e. The van der Waals surface area contributed by atoms with E-state index in [9.17, 15) is 8.42 Å². The molecule has 1 unspecified atom stereocenters. The molecule has 2 aromatic rings. The van der Waals surface area contributed by atoms with Crippen LogP contribution < -0.4 is 5.73 Å². The normalized spacial score (nSPS) is 20.8. The molecule has 0 spiro atoms. The second kappa shape index (κ2) is 5.03. The van der Waals surface area contributed by atoms with E-state index >= 15 is 0 Å². The van der Waals surface area contributed by atoms with Crippen LogP contribution in [0.15, 0.2) is 24.3 Å². The molecule has 1 aromatic heterocycles. The van der Waals surface area contributed by atoms with E-state index in [2.05, 4.69) is 5.10 Å². The number of rotatable bonds is 2. The lowest BCUT2D eigenvalue weighted by Crippen LogP contribution is -2.14. The fourth-order valence-corrected chi connectivity index (χ4v) is 4.56. The molecule has 2 N–H and O–H groups in total. The second-order valence-electron chi connectivity index (χ2n) is 5.39. The summed E-state index contributed by atoms with van der Waals surface area (Å²) in [6, 6.07) is 7.27. The van der Waals surface area contributed by atoms with Crippen LogP contribution in [0.5, 0.6) is 0 Å². The molecule has 1 fully saturated rings. The van der Waals surface area contributed by atoms with E-state index in [0.29, 0.717) is 23.0 Å². The van der Waals surface area contributed by atoms with Gasteiger partial charge in [0, 0.05) is 11.6 Å². The van der Waals surface area contributed by atoms with Crippen LogP contribution in [0.2, 0.25) is 5.02 Å². The Kier molecular flexibility index (Phi) is 3.45. The maximum atomic E-state index is 11.6. The smallest absolute Gasteiger partial charge is 0.152 e. The van der Waals surface area contributed by atoms with Gasteiger partial charge in [0.05, 0.1) is 28.3 Å². The first-order valence-corrected chi connectivity index (χ1v) is 8.88. The number of halogens is 1. The number of anilines is 1. The predicted molar refractivity (Wildman–Crippen MR) is 84.1 cm³/mol. The molecule has 0 amide bonds. The Bertz CT molecular complexity index is 799. The molecule has 112 valence electrons. The highest BCUT2D eigenvalue weighted by Gasteiger charge is 2.31. The van der Waals surface area contributed by atoms with Crippen LogP contribution in [0.4, 0.5) is 5.82 Å². The fraction of sp³-hybridized carbons (Fsp3) is 0.357. The summed E-state index contributed by atoms with van der Waals surface area (Å²) in [6.45, 7) is 1.93. The molecule has 0 aliphatic carbocycles. The molecule has 7 heteroatoms. The van der Waals surface area contributed by atoms with Gasteiger partial charge >= 0.3 is 0 Å². The van der Waals surface area contributed by atoms with Gasteiger partial charge in [-0.1, -0.05) is 29.8 Å². The lowest BCUT2D eigenvalue weighted by atomic mass is 10.1. The van der Waals surface area contributed by atoms with Crippen LogP contribution in [-0.2, 0) is 9.84 Å². The van der Waals surface area contributed by atoms with Gasteiger partial charge in [-0.15, -0.1) is 0 Å². The SMILES string of the molecule is Cc1cccc(-c2cc(N)n(C3CCS(=O)(=O)C3)n2)c1Cl. The summed E-state index contributed by atoms with van der Waals surface area (Å²) in [5.41, 5.74) is 8.44. The fourth-order valence-electron chi connectivity index (χ4n) is 2.65. The van der Waals surface area contributed by atoms with Gasteiger partial charge in [-0.25, -0.2) is 13.1 Å². The molecular formula is C14H16ClN3O2S. The van der Waals surface area contributed by atoms with Crippen molar-refractivity contribution in [3.05, 3.63) is 34.9 Å². The second-order valence-corrected chi connectivity index (χ2v) is 8.00. The first kappa shape index (κ1) is 14.4. The van der Waals surface area contributed by atoms with Gasteiger partial charge in [-0.2, -0.15) is 5.10 Å². The number of aromatic nitrogens is 2. The number of nitrogens with zero attached hydrogens (tertiary/aromatic N) is 2. The Morgan fingerprint density at radius 2 is 2.19 bits per heavy atom. The zero-order valence-electron chi connectivity index (χ0n) is 11.6. The molecule has 3 rings (SSSR count). The van der Waals surface area contributed by atoms with Crippen molar-refractivity contribution in [1.29, 1.82) is 0 Å². The third kappa shape index (κ3) is 2.65. The molecule has 1 saturated heterocycles. The van der Waals surface area contributed by atoms with Gasteiger partial charge in [0.15, 0.2) is 9.84 Å². The van der Waals surface area contributed by atoms with E-state index in [1.54, 1.807) is 10.7 Å².